The molecule has 4 nitrogen and oxygen atoms in total. The van der Waals surface area contributed by atoms with Crippen LogP contribution in [0.5, 0.6) is 0 Å². The van der Waals surface area contributed by atoms with Crippen molar-refractivity contribution in [1.82, 2.24) is 10.2 Å². The van der Waals surface area contributed by atoms with Crippen molar-refractivity contribution >= 4 is 17.2 Å². The fraction of sp³-hybridized carbons (Fsp3) is 0.667. The highest BCUT2D eigenvalue weighted by Crippen LogP contribution is 2.26. The average Bonchev–Trinajstić information content (AvgIpc) is 3.11. The maximum atomic E-state index is 12.0. The molecule has 110 valence electrons. The fourth-order valence-corrected chi connectivity index (χ4v) is 3.85. The van der Waals surface area contributed by atoms with E-state index in [1.165, 1.54) is 37.0 Å². The Morgan fingerprint density at radius 1 is 1.35 bits per heavy atom. The molecular weight excluding hydrogens is 272 g/mol. The number of thiophene rings is 1. The van der Waals surface area contributed by atoms with Gasteiger partial charge in [-0.3, -0.25) is 10.1 Å². The highest BCUT2D eigenvalue weighted by Gasteiger charge is 2.31. The molecule has 1 N–H and O–H groups in total. The second kappa shape index (κ2) is 6.70. The topological polar surface area (TPSA) is 41.6 Å². The minimum absolute atomic E-state index is 0.0393. The molecule has 0 spiro atoms. The molecule has 5 heteroatoms. The Labute approximate surface area is 124 Å². The van der Waals surface area contributed by atoms with E-state index in [0.717, 1.165) is 0 Å². The predicted molar refractivity (Wildman–Crippen MR) is 79.6 cm³/mol. The van der Waals surface area contributed by atoms with E-state index < -0.39 is 0 Å². The lowest BCUT2D eigenvalue weighted by Crippen LogP contribution is -2.34. The summed E-state index contributed by atoms with van der Waals surface area (Å²) in [6, 6.07) is 4.11. The Morgan fingerprint density at radius 3 is 2.95 bits per heavy atom. The molecular formula is C15H22N2O2S. The summed E-state index contributed by atoms with van der Waals surface area (Å²) in [6.07, 6.45) is 6.72. The lowest BCUT2D eigenvalue weighted by atomic mass is 9.98. The first-order valence-corrected chi connectivity index (χ1v) is 8.40. The van der Waals surface area contributed by atoms with E-state index in [4.69, 9.17) is 4.74 Å². The van der Waals surface area contributed by atoms with Crippen molar-refractivity contribution in [3.8, 4) is 0 Å². The van der Waals surface area contributed by atoms with Gasteiger partial charge in [-0.15, -0.1) is 11.3 Å². The van der Waals surface area contributed by atoms with Crippen molar-refractivity contribution in [2.24, 2.45) is 0 Å². The largest absolute Gasteiger partial charge is 0.376 e. The first kappa shape index (κ1) is 14.0. The van der Waals surface area contributed by atoms with E-state index in [0.29, 0.717) is 25.8 Å². The smallest absolute Gasteiger partial charge is 0.238 e. The molecule has 0 aromatic carbocycles. The third kappa shape index (κ3) is 3.22. The Morgan fingerprint density at radius 2 is 2.20 bits per heavy atom. The first-order valence-electron chi connectivity index (χ1n) is 7.52. The zero-order valence-electron chi connectivity index (χ0n) is 11.7. The van der Waals surface area contributed by atoms with Crippen LogP contribution >= 0.6 is 11.3 Å². The van der Waals surface area contributed by atoms with Gasteiger partial charge < -0.3 is 9.64 Å². The highest BCUT2D eigenvalue weighted by atomic mass is 32.1. The molecule has 20 heavy (non-hydrogen) atoms. The van der Waals surface area contributed by atoms with Crippen LogP contribution in [0.25, 0.3) is 0 Å². The molecule has 1 atom stereocenters. The van der Waals surface area contributed by atoms with Crippen LogP contribution in [0.15, 0.2) is 17.5 Å². The molecule has 1 saturated heterocycles. The SMILES string of the molecule is O=C1CNC(c2cccs2)N1CCOC1CCCCC1. The van der Waals surface area contributed by atoms with Gasteiger partial charge in [0.15, 0.2) is 0 Å². The summed E-state index contributed by atoms with van der Waals surface area (Å²) >= 11 is 1.69. The number of hydrogen-bond acceptors (Lipinski definition) is 4. The Balaban J connectivity index is 1.50. The van der Waals surface area contributed by atoms with Crippen molar-refractivity contribution in [3.63, 3.8) is 0 Å². The second-order valence-electron chi connectivity index (χ2n) is 5.52. The average molecular weight is 294 g/mol. The number of rotatable bonds is 5. The molecule has 1 saturated carbocycles. The van der Waals surface area contributed by atoms with E-state index >= 15 is 0 Å². The number of nitrogens with zero attached hydrogens (tertiary/aromatic N) is 1. The maximum absolute atomic E-state index is 12.0. The van der Waals surface area contributed by atoms with Crippen LogP contribution in [-0.2, 0) is 9.53 Å². The van der Waals surface area contributed by atoms with Gasteiger partial charge in [-0.2, -0.15) is 0 Å². The molecule has 1 amide bonds. The van der Waals surface area contributed by atoms with E-state index in [2.05, 4.69) is 16.8 Å². The normalized spacial score (nSPS) is 24.5. The van der Waals surface area contributed by atoms with Gasteiger partial charge in [-0.25, -0.2) is 0 Å². The van der Waals surface area contributed by atoms with Crippen molar-refractivity contribution in [1.29, 1.82) is 0 Å². The Hall–Kier alpha value is -0.910. The first-order chi connectivity index (χ1) is 9.84. The lowest BCUT2D eigenvalue weighted by Gasteiger charge is -2.26. The molecule has 0 radical (unpaired) electrons. The predicted octanol–water partition coefficient (Wildman–Crippen LogP) is 2.53. The van der Waals surface area contributed by atoms with Crippen LogP contribution in [0.3, 0.4) is 0 Å². The zero-order chi connectivity index (χ0) is 13.8. The van der Waals surface area contributed by atoms with Crippen molar-refractivity contribution < 1.29 is 9.53 Å². The summed E-state index contributed by atoms with van der Waals surface area (Å²) in [7, 11) is 0. The number of carbonyl (C=O) groups excluding carboxylic acids is 1. The lowest BCUT2D eigenvalue weighted by molar-refractivity contribution is -0.129. The number of ether oxygens (including phenoxy) is 1. The number of nitrogens with one attached hydrogen (secondary N) is 1. The zero-order valence-corrected chi connectivity index (χ0v) is 12.5. The standard InChI is InChI=1S/C15H22N2O2S/c18-14-11-16-15(13-7-4-10-20-13)17(14)8-9-19-12-5-2-1-3-6-12/h4,7,10,12,15-16H,1-3,5-6,8-9,11H2. The van der Waals surface area contributed by atoms with Crippen molar-refractivity contribution in [2.45, 2.75) is 44.4 Å². The summed E-state index contributed by atoms with van der Waals surface area (Å²) in [5.74, 6) is 0.177. The van der Waals surface area contributed by atoms with E-state index in [9.17, 15) is 4.79 Å². The van der Waals surface area contributed by atoms with Gasteiger partial charge in [0.05, 0.1) is 19.3 Å². The van der Waals surface area contributed by atoms with Crippen LogP contribution in [0.4, 0.5) is 0 Å². The summed E-state index contributed by atoms with van der Waals surface area (Å²) in [5, 5.41) is 5.33. The fourth-order valence-electron chi connectivity index (χ4n) is 3.04. The Bertz CT molecular complexity index is 429. The molecule has 2 fully saturated rings. The van der Waals surface area contributed by atoms with Gasteiger partial charge >= 0.3 is 0 Å². The number of amides is 1. The summed E-state index contributed by atoms with van der Waals surface area (Å²) < 4.78 is 5.94. The van der Waals surface area contributed by atoms with E-state index in [1.54, 1.807) is 11.3 Å². The summed E-state index contributed by atoms with van der Waals surface area (Å²) in [4.78, 5) is 15.1. The second-order valence-corrected chi connectivity index (χ2v) is 6.50. The molecule has 3 rings (SSSR count). The quantitative estimate of drug-likeness (QED) is 0.907. The summed E-state index contributed by atoms with van der Waals surface area (Å²) in [5.41, 5.74) is 0. The molecule has 1 aromatic rings. The minimum atomic E-state index is 0.0393. The molecule has 1 unspecified atom stereocenters. The molecule has 1 aliphatic heterocycles. The molecule has 0 bridgehead atoms. The molecule has 1 aliphatic carbocycles. The van der Waals surface area contributed by atoms with Crippen molar-refractivity contribution in [2.75, 3.05) is 19.7 Å². The maximum Gasteiger partial charge on any atom is 0.238 e. The molecule has 2 heterocycles. The van der Waals surface area contributed by atoms with Crippen LogP contribution in [0, 0.1) is 0 Å². The third-order valence-electron chi connectivity index (χ3n) is 4.13. The van der Waals surface area contributed by atoms with E-state index in [1.807, 2.05) is 11.0 Å². The van der Waals surface area contributed by atoms with Gasteiger partial charge in [0.25, 0.3) is 0 Å². The van der Waals surface area contributed by atoms with Gasteiger partial charge in [-0.1, -0.05) is 25.3 Å². The molecule has 2 aliphatic rings. The van der Waals surface area contributed by atoms with Gasteiger partial charge in [0, 0.05) is 11.4 Å². The minimum Gasteiger partial charge on any atom is -0.376 e. The van der Waals surface area contributed by atoms with Crippen molar-refractivity contribution in [3.05, 3.63) is 22.4 Å². The van der Waals surface area contributed by atoms with Gasteiger partial charge in [0.1, 0.15) is 6.17 Å². The summed E-state index contributed by atoms with van der Waals surface area (Å²) in [6.45, 7) is 1.77. The third-order valence-corrected chi connectivity index (χ3v) is 5.05. The van der Waals surface area contributed by atoms with Crippen LogP contribution in [0.1, 0.15) is 43.1 Å². The van der Waals surface area contributed by atoms with Gasteiger partial charge in [0.2, 0.25) is 5.91 Å². The van der Waals surface area contributed by atoms with Crippen LogP contribution < -0.4 is 5.32 Å². The number of hydrogen-bond donors (Lipinski definition) is 1. The van der Waals surface area contributed by atoms with E-state index in [-0.39, 0.29) is 12.1 Å². The Kier molecular flexibility index (Phi) is 4.70. The number of carbonyl (C=O) groups is 1. The van der Waals surface area contributed by atoms with Crippen LogP contribution in [-0.4, -0.2) is 36.6 Å². The van der Waals surface area contributed by atoms with Crippen LogP contribution in [0.2, 0.25) is 0 Å². The monoisotopic (exact) mass is 294 g/mol. The highest BCUT2D eigenvalue weighted by molar-refractivity contribution is 7.10. The molecule has 1 aromatic heterocycles. The van der Waals surface area contributed by atoms with Gasteiger partial charge in [-0.05, 0) is 24.3 Å².